The van der Waals surface area contributed by atoms with Gasteiger partial charge in [-0.05, 0) is 44.0 Å². The maximum atomic E-state index is 12.1. The second-order valence-electron chi connectivity index (χ2n) is 6.95. The first-order valence-electron chi connectivity index (χ1n) is 9.50. The van der Waals surface area contributed by atoms with Crippen molar-refractivity contribution in [2.24, 2.45) is 0 Å². The molecule has 7 nitrogen and oxygen atoms in total. The van der Waals surface area contributed by atoms with Crippen LogP contribution in [0.25, 0.3) is 0 Å². The highest BCUT2D eigenvalue weighted by molar-refractivity contribution is 5.91. The number of esters is 1. The number of nitrogens with one attached hydrogen (secondary N) is 3. The first-order valence-corrected chi connectivity index (χ1v) is 9.50. The molecule has 3 amide bonds. The minimum atomic E-state index is -0.579. The summed E-state index contributed by atoms with van der Waals surface area (Å²) in [6, 6.07) is 15.8. The molecule has 0 aliphatic rings. The van der Waals surface area contributed by atoms with Gasteiger partial charge in [0.1, 0.15) is 0 Å². The summed E-state index contributed by atoms with van der Waals surface area (Å²) in [6.07, 6.45) is 0. The van der Waals surface area contributed by atoms with Crippen LogP contribution in [0.5, 0.6) is 0 Å². The van der Waals surface area contributed by atoms with Crippen LogP contribution in [0.4, 0.5) is 4.79 Å². The highest BCUT2D eigenvalue weighted by Crippen LogP contribution is 2.11. The zero-order valence-electron chi connectivity index (χ0n) is 16.9. The van der Waals surface area contributed by atoms with Crippen molar-refractivity contribution in [1.29, 1.82) is 0 Å². The Morgan fingerprint density at radius 2 is 1.55 bits per heavy atom. The van der Waals surface area contributed by atoms with E-state index in [4.69, 9.17) is 4.74 Å². The summed E-state index contributed by atoms with van der Waals surface area (Å²) in [4.78, 5) is 35.7. The molecule has 0 bridgehead atoms. The fourth-order valence-corrected chi connectivity index (χ4v) is 2.58. The third-order valence-electron chi connectivity index (χ3n) is 4.07. The molecule has 0 aromatic heterocycles. The Labute approximate surface area is 170 Å². The van der Waals surface area contributed by atoms with Gasteiger partial charge in [0.15, 0.2) is 6.61 Å². The van der Waals surface area contributed by atoms with Crippen LogP contribution in [0, 0.1) is 0 Å². The molecule has 29 heavy (non-hydrogen) atoms. The Balaban J connectivity index is 1.77. The predicted molar refractivity (Wildman–Crippen MR) is 110 cm³/mol. The van der Waals surface area contributed by atoms with E-state index in [9.17, 15) is 14.4 Å². The molecule has 3 N–H and O–H groups in total. The van der Waals surface area contributed by atoms with Crippen molar-refractivity contribution in [1.82, 2.24) is 16.0 Å². The maximum Gasteiger partial charge on any atom is 0.338 e. The molecular weight excluding hydrogens is 370 g/mol. The van der Waals surface area contributed by atoms with Gasteiger partial charge in [-0.1, -0.05) is 42.5 Å². The topological polar surface area (TPSA) is 96.5 Å². The van der Waals surface area contributed by atoms with Gasteiger partial charge in [0.05, 0.1) is 11.6 Å². The van der Waals surface area contributed by atoms with Crippen LogP contribution in [0.2, 0.25) is 0 Å². The number of urea groups is 1. The Hall–Kier alpha value is -3.35. The molecule has 2 rings (SSSR count). The number of carbonyl (C=O) groups excluding carboxylic acids is 3. The standard InChI is InChI=1S/C22H27N3O4/c1-15(2)24-22(28)23-13-17-9-11-19(12-10-17)21(27)29-14-20(26)25-16(3)18-7-5-4-6-8-18/h4-12,15-16H,13-14H2,1-3H3,(H,25,26)(H2,23,24,28)/t16-/m1/s1. The summed E-state index contributed by atoms with van der Waals surface area (Å²) in [5, 5.41) is 8.25. The van der Waals surface area contributed by atoms with Gasteiger partial charge in [-0.2, -0.15) is 0 Å². The second kappa shape index (κ2) is 10.8. The molecule has 0 spiro atoms. The van der Waals surface area contributed by atoms with Gasteiger partial charge in [0.25, 0.3) is 5.91 Å². The average molecular weight is 397 g/mol. The van der Waals surface area contributed by atoms with Crippen molar-refractivity contribution in [3.05, 3.63) is 71.3 Å². The summed E-state index contributed by atoms with van der Waals surface area (Å²) in [5.74, 6) is -0.948. The number of hydrogen-bond donors (Lipinski definition) is 3. The molecule has 0 saturated heterocycles. The van der Waals surface area contributed by atoms with Gasteiger partial charge in [-0.3, -0.25) is 4.79 Å². The molecule has 0 aliphatic heterocycles. The van der Waals surface area contributed by atoms with E-state index in [1.54, 1.807) is 24.3 Å². The van der Waals surface area contributed by atoms with Crippen LogP contribution in [0.1, 0.15) is 48.3 Å². The molecule has 154 valence electrons. The van der Waals surface area contributed by atoms with Gasteiger partial charge >= 0.3 is 12.0 Å². The van der Waals surface area contributed by atoms with Crippen LogP contribution in [0.3, 0.4) is 0 Å². The van der Waals surface area contributed by atoms with E-state index in [1.165, 1.54) is 0 Å². The molecular formula is C22H27N3O4. The monoisotopic (exact) mass is 397 g/mol. The molecule has 0 unspecified atom stereocenters. The van der Waals surface area contributed by atoms with Crippen LogP contribution in [0.15, 0.2) is 54.6 Å². The van der Waals surface area contributed by atoms with E-state index in [0.29, 0.717) is 12.1 Å². The number of carbonyl (C=O) groups is 3. The van der Waals surface area contributed by atoms with E-state index in [-0.39, 0.29) is 30.6 Å². The third kappa shape index (κ3) is 7.65. The largest absolute Gasteiger partial charge is 0.452 e. The van der Waals surface area contributed by atoms with Crippen LogP contribution in [-0.2, 0) is 16.1 Å². The van der Waals surface area contributed by atoms with E-state index in [2.05, 4.69) is 16.0 Å². The summed E-state index contributed by atoms with van der Waals surface area (Å²) in [6.45, 7) is 5.61. The van der Waals surface area contributed by atoms with Crippen molar-refractivity contribution in [3.63, 3.8) is 0 Å². The lowest BCUT2D eigenvalue weighted by Gasteiger charge is -2.14. The third-order valence-corrected chi connectivity index (χ3v) is 4.07. The zero-order chi connectivity index (χ0) is 21.2. The van der Waals surface area contributed by atoms with Crippen molar-refractivity contribution in [2.45, 2.75) is 39.4 Å². The van der Waals surface area contributed by atoms with E-state index >= 15 is 0 Å². The first kappa shape index (κ1) is 21.9. The summed E-state index contributed by atoms with van der Waals surface area (Å²) < 4.78 is 5.08. The quantitative estimate of drug-likeness (QED) is 0.597. The number of amides is 3. The molecule has 0 saturated carbocycles. The predicted octanol–water partition coefficient (Wildman–Crippen LogP) is 2.93. The van der Waals surface area contributed by atoms with Crippen LogP contribution < -0.4 is 16.0 Å². The number of rotatable bonds is 8. The molecule has 1 atom stereocenters. The lowest BCUT2D eigenvalue weighted by atomic mass is 10.1. The summed E-state index contributed by atoms with van der Waals surface area (Å²) in [7, 11) is 0. The molecule has 2 aromatic carbocycles. The highest BCUT2D eigenvalue weighted by Gasteiger charge is 2.13. The Kier molecular flexibility index (Phi) is 8.21. The van der Waals surface area contributed by atoms with Gasteiger partial charge in [0.2, 0.25) is 0 Å². The Morgan fingerprint density at radius 1 is 0.897 bits per heavy atom. The maximum absolute atomic E-state index is 12.1. The van der Waals surface area contributed by atoms with E-state index in [0.717, 1.165) is 11.1 Å². The number of ether oxygens (including phenoxy) is 1. The van der Waals surface area contributed by atoms with Crippen molar-refractivity contribution in [2.75, 3.05) is 6.61 Å². The fourth-order valence-electron chi connectivity index (χ4n) is 2.58. The molecule has 0 radical (unpaired) electrons. The van der Waals surface area contributed by atoms with Crippen molar-refractivity contribution in [3.8, 4) is 0 Å². The molecule has 0 fully saturated rings. The van der Waals surface area contributed by atoms with E-state index < -0.39 is 5.97 Å². The Morgan fingerprint density at radius 3 is 2.17 bits per heavy atom. The SMILES string of the molecule is CC(C)NC(=O)NCc1ccc(C(=O)OCC(=O)N[C@H](C)c2ccccc2)cc1. The molecule has 0 heterocycles. The summed E-state index contributed by atoms with van der Waals surface area (Å²) >= 11 is 0. The highest BCUT2D eigenvalue weighted by atomic mass is 16.5. The zero-order valence-corrected chi connectivity index (χ0v) is 16.9. The van der Waals surface area contributed by atoms with Gasteiger partial charge in [-0.15, -0.1) is 0 Å². The van der Waals surface area contributed by atoms with E-state index in [1.807, 2.05) is 51.1 Å². The lowest BCUT2D eigenvalue weighted by molar-refractivity contribution is -0.124. The van der Waals surface area contributed by atoms with Crippen molar-refractivity contribution < 1.29 is 19.1 Å². The van der Waals surface area contributed by atoms with Gasteiger partial charge < -0.3 is 20.7 Å². The smallest absolute Gasteiger partial charge is 0.338 e. The molecule has 0 aliphatic carbocycles. The second-order valence-corrected chi connectivity index (χ2v) is 6.95. The minimum absolute atomic E-state index is 0.0556. The number of benzene rings is 2. The minimum Gasteiger partial charge on any atom is -0.452 e. The fraction of sp³-hybridized carbons (Fsp3) is 0.318. The molecule has 7 heteroatoms. The van der Waals surface area contributed by atoms with Crippen LogP contribution >= 0.6 is 0 Å². The van der Waals surface area contributed by atoms with Gasteiger partial charge in [-0.25, -0.2) is 9.59 Å². The van der Waals surface area contributed by atoms with Crippen molar-refractivity contribution >= 4 is 17.9 Å². The van der Waals surface area contributed by atoms with Crippen LogP contribution in [-0.4, -0.2) is 30.6 Å². The summed E-state index contributed by atoms with van der Waals surface area (Å²) in [5.41, 5.74) is 2.15. The van der Waals surface area contributed by atoms with Gasteiger partial charge in [0, 0.05) is 12.6 Å². The molecule has 2 aromatic rings. The lowest BCUT2D eigenvalue weighted by Crippen LogP contribution is -2.39. The average Bonchev–Trinajstić information content (AvgIpc) is 2.71. The number of hydrogen-bond acceptors (Lipinski definition) is 4. The first-order chi connectivity index (χ1) is 13.8. The Bertz CT molecular complexity index is 820. The normalized spacial score (nSPS) is 11.4.